The molecule has 8 heteroatoms. The molecule has 0 saturated heterocycles. The highest BCUT2D eigenvalue weighted by Crippen LogP contribution is 2.38. The van der Waals surface area contributed by atoms with Gasteiger partial charge < -0.3 is 19.7 Å². The van der Waals surface area contributed by atoms with Crippen LogP contribution in [0.4, 0.5) is 15.9 Å². The van der Waals surface area contributed by atoms with Crippen LogP contribution in [0.25, 0.3) is 10.9 Å². The van der Waals surface area contributed by atoms with Crippen molar-refractivity contribution in [2.45, 2.75) is 26.4 Å². The smallest absolute Gasteiger partial charge is 0.163 e. The number of hydrogen-bond acceptors (Lipinski definition) is 6. The molecule has 1 aliphatic heterocycles. The first-order valence-electron chi connectivity index (χ1n) is 10.1. The Morgan fingerprint density at radius 2 is 2.00 bits per heavy atom. The number of nitrogens with zero attached hydrogens (tertiary/aromatic N) is 3. The molecule has 1 aliphatic rings. The van der Waals surface area contributed by atoms with E-state index in [1.54, 1.807) is 6.07 Å². The van der Waals surface area contributed by atoms with Crippen LogP contribution in [0.15, 0.2) is 36.7 Å². The number of halogens is 2. The van der Waals surface area contributed by atoms with Crippen molar-refractivity contribution in [3.8, 4) is 11.5 Å². The Kier molecular flexibility index (Phi) is 6.20. The molecule has 30 heavy (non-hydrogen) atoms. The van der Waals surface area contributed by atoms with Crippen molar-refractivity contribution >= 4 is 34.0 Å². The van der Waals surface area contributed by atoms with Crippen molar-refractivity contribution in [2.75, 3.05) is 31.6 Å². The highest BCUT2D eigenvalue weighted by molar-refractivity contribution is 6.31. The van der Waals surface area contributed by atoms with Gasteiger partial charge in [-0.25, -0.2) is 14.4 Å². The number of fused-ring (bicyclic) bond motifs is 2. The molecule has 0 radical (unpaired) electrons. The number of nitrogens with one attached hydrogen (secondary N) is 1. The van der Waals surface area contributed by atoms with E-state index in [-0.39, 0.29) is 11.1 Å². The predicted octanol–water partition coefficient (Wildman–Crippen LogP) is 5.04. The summed E-state index contributed by atoms with van der Waals surface area (Å²) in [5.41, 5.74) is 1.36. The molecule has 4 rings (SSSR count). The average molecular weight is 431 g/mol. The van der Waals surface area contributed by atoms with E-state index in [1.165, 1.54) is 18.5 Å². The van der Waals surface area contributed by atoms with Gasteiger partial charge in [0, 0.05) is 30.1 Å². The summed E-state index contributed by atoms with van der Waals surface area (Å²) in [6.45, 7) is 7.84. The molecule has 0 amide bonds. The first kappa shape index (κ1) is 20.6. The molecular weight excluding hydrogens is 407 g/mol. The van der Waals surface area contributed by atoms with Gasteiger partial charge in [-0.3, -0.25) is 0 Å². The molecule has 0 fully saturated rings. The quantitative estimate of drug-likeness (QED) is 0.566. The third-order valence-electron chi connectivity index (χ3n) is 5.26. The number of hydrogen-bond donors (Lipinski definition) is 1. The van der Waals surface area contributed by atoms with Gasteiger partial charge in [0.25, 0.3) is 0 Å². The van der Waals surface area contributed by atoms with Gasteiger partial charge in [-0.1, -0.05) is 25.4 Å². The summed E-state index contributed by atoms with van der Waals surface area (Å²) in [6, 6.07) is 8.19. The number of rotatable bonds is 7. The van der Waals surface area contributed by atoms with E-state index < -0.39 is 5.82 Å². The monoisotopic (exact) mass is 430 g/mol. The van der Waals surface area contributed by atoms with Gasteiger partial charge >= 0.3 is 0 Å². The van der Waals surface area contributed by atoms with E-state index in [0.717, 1.165) is 37.0 Å². The Hall–Kier alpha value is -2.64. The van der Waals surface area contributed by atoms with Crippen molar-refractivity contribution in [2.24, 2.45) is 0 Å². The van der Waals surface area contributed by atoms with Gasteiger partial charge in [-0.05, 0) is 37.4 Å². The van der Waals surface area contributed by atoms with E-state index in [2.05, 4.69) is 34.0 Å². The van der Waals surface area contributed by atoms with E-state index in [9.17, 15) is 4.39 Å². The fourth-order valence-corrected chi connectivity index (χ4v) is 3.66. The zero-order chi connectivity index (χ0) is 21.1. The van der Waals surface area contributed by atoms with E-state index in [0.29, 0.717) is 29.6 Å². The number of anilines is 2. The molecule has 1 aromatic heterocycles. The maximum Gasteiger partial charge on any atom is 0.163 e. The second kappa shape index (κ2) is 9.02. The maximum atomic E-state index is 13.5. The molecule has 3 aromatic rings. The first-order chi connectivity index (χ1) is 14.6. The number of aromatic nitrogens is 2. The Labute approximate surface area is 180 Å². The van der Waals surface area contributed by atoms with Crippen molar-refractivity contribution in [1.82, 2.24) is 14.9 Å². The third kappa shape index (κ3) is 4.42. The predicted molar refractivity (Wildman–Crippen MR) is 117 cm³/mol. The fourth-order valence-electron chi connectivity index (χ4n) is 3.48. The standard InChI is InChI=1S/C22H24ClFN4O2/c1-3-28(4-2)8-7-15-12-29-20-11-19-16(10-21(20)30-15)22(26-13-25-19)27-14-5-6-18(24)17(23)9-14/h5-6,9-11,13,15H,3-4,7-8,12H2,1-2H3,(H,25,26,27). The minimum absolute atomic E-state index is 0.00695. The van der Waals surface area contributed by atoms with E-state index in [1.807, 2.05) is 12.1 Å². The van der Waals surface area contributed by atoms with Crippen LogP contribution in [0, 0.1) is 5.82 Å². The molecule has 1 unspecified atom stereocenters. The normalized spacial score (nSPS) is 15.6. The molecule has 158 valence electrons. The van der Waals surface area contributed by atoms with Crippen molar-refractivity contribution in [3.05, 3.63) is 47.5 Å². The van der Waals surface area contributed by atoms with Gasteiger partial charge in [0.2, 0.25) is 0 Å². The van der Waals surface area contributed by atoms with Gasteiger partial charge in [-0.2, -0.15) is 0 Å². The van der Waals surface area contributed by atoms with Crippen LogP contribution in [0.2, 0.25) is 5.02 Å². The van der Waals surface area contributed by atoms with Crippen molar-refractivity contribution in [1.29, 1.82) is 0 Å². The lowest BCUT2D eigenvalue weighted by Gasteiger charge is -2.28. The molecule has 0 saturated carbocycles. The van der Waals surface area contributed by atoms with Crippen molar-refractivity contribution in [3.63, 3.8) is 0 Å². The molecule has 0 bridgehead atoms. The summed E-state index contributed by atoms with van der Waals surface area (Å²) in [4.78, 5) is 11.1. The second-order valence-corrected chi connectivity index (χ2v) is 7.57. The summed E-state index contributed by atoms with van der Waals surface area (Å²) in [6.07, 6.45) is 2.36. The Morgan fingerprint density at radius 3 is 2.77 bits per heavy atom. The summed E-state index contributed by atoms with van der Waals surface area (Å²) >= 11 is 5.89. The largest absolute Gasteiger partial charge is 0.486 e. The van der Waals surface area contributed by atoms with Gasteiger partial charge in [-0.15, -0.1) is 0 Å². The van der Waals surface area contributed by atoms with Gasteiger partial charge in [0.1, 0.15) is 30.7 Å². The molecule has 1 atom stereocenters. The highest BCUT2D eigenvalue weighted by Gasteiger charge is 2.23. The highest BCUT2D eigenvalue weighted by atomic mass is 35.5. The summed E-state index contributed by atoms with van der Waals surface area (Å²) in [5.74, 6) is 1.47. The minimum Gasteiger partial charge on any atom is -0.486 e. The second-order valence-electron chi connectivity index (χ2n) is 7.16. The van der Waals surface area contributed by atoms with Crippen LogP contribution in [0.3, 0.4) is 0 Å². The molecule has 2 heterocycles. The van der Waals surface area contributed by atoms with E-state index >= 15 is 0 Å². The molecule has 2 aromatic carbocycles. The number of benzene rings is 2. The Bertz CT molecular complexity index is 1050. The minimum atomic E-state index is -0.467. The molecule has 6 nitrogen and oxygen atoms in total. The van der Waals surface area contributed by atoms with Gasteiger partial charge in [0.05, 0.1) is 10.5 Å². The number of ether oxygens (including phenoxy) is 2. The molecular formula is C22H24ClFN4O2. The lowest BCUT2D eigenvalue weighted by molar-refractivity contribution is 0.0764. The molecule has 0 spiro atoms. The van der Waals surface area contributed by atoms with E-state index in [4.69, 9.17) is 21.1 Å². The lowest BCUT2D eigenvalue weighted by atomic mass is 10.1. The summed E-state index contributed by atoms with van der Waals surface area (Å²) in [7, 11) is 0. The third-order valence-corrected chi connectivity index (χ3v) is 5.55. The van der Waals surface area contributed by atoms with Crippen LogP contribution in [-0.2, 0) is 0 Å². The molecule has 1 N–H and O–H groups in total. The summed E-state index contributed by atoms with van der Waals surface area (Å²) in [5, 5.41) is 4.01. The lowest BCUT2D eigenvalue weighted by Crippen LogP contribution is -2.34. The van der Waals surface area contributed by atoms with Crippen LogP contribution in [0.1, 0.15) is 20.3 Å². The zero-order valence-corrected chi connectivity index (χ0v) is 17.7. The van der Waals surface area contributed by atoms with Crippen LogP contribution >= 0.6 is 11.6 Å². The zero-order valence-electron chi connectivity index (χ0n) is 17.0. The van der Waals surface area contributed by atoms with Crippen molar-refractivity contribution < 1.29 is 13.9 Å². The topological polar surface area (TPSA) is 59.5 Å². The average Bonchev–Trinajstić information content (AvgIpc) is 2.76. The first-order valence-corrected chi connectivity index (χ1v) is 10.5. The van der Waals surface area contributed by atoms with Gasteiger partial charge in [0.15, 0.2) is 11.5 Å². The van der Waals surface area contributed by atoms with Crippen LogP contribution in [0.5, 0.6) is 11.5 Å². The van der Waals surface area contributed by atoms with Crippen LogP contribution < -0.4 is 14.8 Å². The Morgan fingerprint density at radius 1 is 1.17 bits per heavy atom. The Balaban J connectivity index is 1.58. The SMILES string of the molecule is CCN(CC)CCC1COc2cc3ncnc(Nc4ccc(F)c(Cl)c4)c3cc2O1. The maximum absolute atomic E-state index is 13.5. The molecule has 0 aliphatic carbocycles. The summed E-state index contributed by atoms with van der Waals surface area (Å²) < 4.78 is 25.6. The fraction of sp³-hybridized carbons (Fsp3) is 0.364. The van der Waals surface area contributed by atoms with Crippen LogP contribution in [-0.4, -0.2) is 47.2 Å².